The van der Waals surface area contributed by atoms with Crippen molar-refractivity contribution in [3.8, 4) is 0 Å². The fourth-order valence-electron chi connectivity index (χ4n) is 1.80. The van der Waals surface area contributed by atoms with E-state index in [2.05, 4.69) is 37.7 Å². The van der Waals surface area contributed by atoms with E-state index in [1.165, 1.54) is 6.42 Å². The number of aromatic nitrogens is 1. The van der Waals surface area contributed by atoms with Gasteiger partial charge in [-0.15, -0.1) is 11.6 Å². The smallest absolute Gasteiger partial charge is 0.128 e. The molecule has 0 radical (unpaired) electrons. The molecule has 90 valence electrons. The van der Waals surface area contributed by atoms with Crippen LogP contribution in [-0.4, -0.2) is 18.1 Å². The van der Waals surface area contributed by atoms with Crippen molar-refractivity contribution >= 4 is 17.4 Å². The van der Waals surface area contributed by atoms with Crippen LogP contribution < -0.4 is 4.90 Å². The summed E-state index contributed by atoms with van der Waals surface area (Å²) in [5, 5.41) is 0. The van der Waals surface area contributed by atoms with Crippen LogP contribution in [0.4, 0.5) is 5.82 Å². The second kappa shape index (κ2) is 6.09. The second-order valence-electron chi connectivity index (χ2n) is 4.71. The van der Waals surface area contributed by atoms with Crippen LogP contribution in [0.5, 0.6) is 0 Å². The Hall–Kier alpha value is -0.760. The maximum Gasteiger partial charge on any atom is 0.128 e. The van der Waals surface area contributed by atoms with Crippen LogP contribution in [0.15, 0.2) is 18.2 Å². The molecule has 1 heterocycles. The van der Waals surface area contributed by atoms with Gasteiger partial charge in [0.15, 0.2) is 0 Å². The van der Waals surface area contributed by atoms with Gasteiger partial charge in [0.1, 0.15) is 5.82 Å². The average Bonchev–Trinajstić information content (AvgIpc) is 2.27. The van der Waals surface area contributed by atoms with Crippen molar-refractivity contribution in [1.82, 2.24) is 4.98 Å². The van der Waals surface area contributed by atoms with Crippen molar-refractivity contribution in [1.29, 1.82) is 0 Å². The number of alkyl halides is 1. The van der Waals surface area contributed by atoms with Crippen molar-refractivity contribution in [2.45, 2.75) is 39.1 Å². The van der Waals surface area contributed by atoms with Gasteiger partial charge in [-0.05, 0) is 31.4 Å². The predicted octanol–water partition coefficient (Wildman–Crippen LogP) is 3.69. The number of halogens is 1. The molecule has 2 nitrogen and oxygen atoms in total. The first-order valence-electron chi connectivity index (χ1n) is 5.79. The monoisotopic (exact) mass is 240 g/mol. The lowest BCUT2D eigenvalue weighted by Gasteiger charge is -2.27. The highest BCUT2D eigenvalue weighted by Gasteiger charge is 2.12. The molecule has 0 bridgehead atoms. The van der Waals surface area contributed by atoms with Crippen molar-refractivity contribution in [3.05, 3.63) is 23.9 Å². The molecule has 16 heavy (non-hydrogen) atoms. The van der Waals surface area contributed by atoms with Crippen LogP contribution in [-0.2, 0) is 5.88 Å². The van der Waals surface area contributed by atoms with Crippen LogP contribution >= 0.6 is 11.6 Å². The Labute approximate surface area is 104 Å². The topological polar surface area (TPSA) is 16.1 Å². The van der Waals surface area contributed by atoms with Gasteiger partial charge in [-0.1, -0.05) is 19.9 Å². The molecule has 0 saturated carbocycles. The molecule has 0 N–H and O–H groups in total. The van der Waals surface area contributed by atoms with E-state index in [0.717, 1.165) is 11.5 Å². The minimum atomic E-state index is 0.472. The second-order valence-corrected chi connectivity index (χ2v) is 4.98. The number of hydrogen-bond donors (Lipinski definition) is 0. The normalized spacial score (nSPS) is 12.9. The first kappa shape index (κ1) is 13.3. The summed E-state index contributed by atoms with van der Waals surface area (Å²) in [4.78, 5) is 6.73. The highest BCUT2D eigenvalue weighted by atomic mass is 35.5. The summed E-state index contributed by atoms with van der Waals surface area (Å²) in [5.74, 6) is 2.18. The molecule has 0 aliphatic rings. The van der Waals surface area contributed by atoms with E-state index in [9.17, 15) is 0 Å². The van der Waals surface area contributed by atoms with Gasteiger partial charge in [-0.3, -0.25) is 0 Å². The van der Waals surface area contributed by atoms with Gasteiger partial charge < -0.3 is 4.90 Å². The third kappa shape index (κ3) is 3.67. The molecule has 0 aliphatic heterocycles. The van der Waals surface area contributed by atoms with Gasteiger partial charge in [0.05, 0.1) is 11.6 Å². The fraction of sp³-hybridized carbons (Fsp3) is 0.615. The lowest BCUT2D eigenvalue weighted by atomic mass is 10.0. The van der Waals surface area contributed by atoms with Crippen molar-refractivity contribution in [3.63, 3.8) is 0 Å². The zero-order chi connectivity index (χ0) is 12.1. The van der Waals surface area contributed by atoms with E-state index >= 15 is 0 Å². The Bertz CT molecular complexity index is 325. The summed E-state index contributed by atoms with van der Waals surface area (Å²) in [6, 6.07) is 6.50. The minimum absolute atomic E-state index is 0.472. The van der Waals surface area contributed by atoms with Gasteiger partial charge in [-0.2, -0.15) is 0 Å². The molecule has 1 rings (SSSR count). The minimum Gasteiger partial charge on any atom is -0.357 e. The van der Waals surface area contributed by atoms with Gasteiger partial charge in [0.2, 0.25) is 0 Å². The van der Waals surface area contributed by atoms with E-state index in [4.69, 9.17) is 11.6 Å². The van der Waals surface area contributed by atoms with E-state index in [1.807, 2.05) is 18.2 Å². The van der Waals surface area contributed by atoms with Gasteiger partial charge in [0.25, 0.3) is 0 Å². The highest BCUT2D eigenvalue weighted by Crippen LogP contribution is 2.17. The predicted molar refractivity (Wildman–Crippen MR) is 71.1 cm³/mol. The summed E-state index contributed by atoms with van der Waals surface area (Å²) in [7, 11) is 2.09. The molecule has 1 unspecified atom stereocenters. The number of anilines is 1. The summed E-state index contributed by atoms with van der Waals surface area (Å²) < 4.78 is 0. The largest absolute Gasteiger partial charge is 0.357 e. The molecule has 0 fully saturated rings. The lowest BCUT2D eigenvalue weighted by molar-refractivity contribution is 0.502. The Morgan fingerprint density at radius 3 is 2.56 bits per heavy atom. The van der Waals surface area contributed by atoms with E-state index in [-0.39, 0.29) is 0 Å². The molecule has 1 aromatic rings. The van der Waals surface area contributed by atoms with Gasteiger partial charge in [-0.25, -0.2) is 4.98 Å². The molecule has 0 aliphatic carbocycles. The summed E-state index contributed by atoms with van der Waals surface area (Å²) in [6.07, 6.45) is 1.17. The number of pyridine rings is 1. The number of hydrogen-bond acceptors (Lipinski definition) is 2. The standard InChI is InChI=1S/C13H21ClN2/c1-10(2)8-11(3)16(4)13-7-5-6-12(9-14)15-13/h5-7,10-11H,8-9H2,1-4H3. The van der Waals surface area contributed by atoms with Crippen LogP contribution in [0.2, 0.25) is 0 Å². The third-order valence-electron chi connectivity index (χ3n) is 2.76. The van der Waals surface area contributed by atoms with Crippen LogP contribution in [0.1, 0.15) is 32.9 Å². The van der Waals surface area contributed by atoms with Crippen molar-refractivity contribution in [2.75, 3.05) is 11.9 Å². The number of nitrogens with zero attached hydrogens (tertiary/aromatic N) is 2. The molecular weight excluding hydrogens is 220 g/mol. The third-order valence-corrected chi connectivity index (χ3v) is 3.04. The fourth-order valence-corrected chi connectivity index (χ4v) is 1.95. The Morgan fingerprint density at radius 1 is 1.31 bits per heavy atom. The highest BCUT2D eigenvalue weighted by molar-refractivity contribution is 6.16. The van der Waals surface area contributed by atoms with E-state index < -0.39 is 0 Å². The SMILES string of the molecule is CC(C)CC(C)N(C)c1cccc(CCl)n1. The maximum atomic E-state index is 5.79. The molecule has 3 heteroatoms. The quantitative estimate of drug-likeness (QED) is 0.730. The zero-order valence-corrected chi connectivity index (χ0v) is 11.3. The molecule has 0 amide bonds. The maximum absolute atomic E-state index is 5.79. The summed E-state index contributed by atoms with van der Waals surface area (Å²) >= 11 is 5.79. The Kier molecular flexibility index (Phi) is 5.07. The Morgan fingerprint density at radius 2 is 2.00 bits per heavy atom. The molecular formula is C13H21ClN2. The number of rotatable bonds is 5. The zero-order valence-electron chi connectivity index (χ0n) is 10.6. The van der Waals surface area contributed by atoms with Crippen LogP contribution in [0.3, 0.4) is 0 Å². The van der Waals surface area contributed by atoms with Crippen LogP contribution in [0, 0.1) is 5.92 Å². The molecule has 1 atom stereocenters. The van der Waals surface area contributed by atoms with E-state index in [1.54, 1.807) is 0 Å². The van der Waals surface area contributed by atoms with Crippen LogP contribution in [0.25, 0.3) is 0 Å². The molecule has 1 aromatic heterocycles. The lowest BCUT2D eigenvalue weighted by Crippen LogP contribution is -2.30. The van der Waals surface area contributed by atoms with Crippen molar-refractivity contribution in [2.24, 2.45) is 5.92 Å². The summed E-state index contributed by atoms with van der Waals surface area (Å²) in [5.41, 5.74) is 0.933. The van der Waals surface area contributed by atoms with Gasteiger partial charge in [0, 0.05) is 13.1 Å². The molecule has 0 spiro atoms. The average molecular weight is 241 g/mol. The Balaban J connectivity index is 2.74. The van der Waals surface area contributed by atoms with Crippen molar-refractivity contribution < 1.29 is 0 Å². The molecule has 0 saturated heterocycles. The first-order chi connectivity index (χ1) is 7.54. The van der Waals surface area contributed by atoms with E-state index in [0.29, 0.717) is 17.8 Å². The van der Waals surface area contributed by atoms with Gasteiger partial charge >= 0.3 is 0 Å². The summed E-state index contributed by atoms with van der Waals surface area (Å²) in [6.45, 7) is 6.72. The molecule has 0 aromatic carbocycles. The first-order valence-corrected chi connectivity index (χ1v) is 6.32.